The quantitative estimate of drug-likeness (QED) is 0.153. The highest BCUT2D eigenvalue weighted by molar-refractivity contribution is 7.92. The van der Waals surface area contributed by atoms with Crippen molar-refractivity contribution >= 4 is 50.7 Å². The van der Waals surface area contributed by atoms with Gasteiger partial charge in [-0.2, -0.15) is 0 Å². The Morgan fingerprint density at radius 3 is 2.00 bits per heavy atom. The molecule has 0 saturated heterocycles. The van der Waals surface area contributed by atoms with E-state index < -0.39 is 28.5 Å². The third-order valence-corrected chi connectivity index (χ3v) is 9.69. The Morgan fingerprint density at radius 1 is 0.795 bits per heavy atom. The molecule has 10 heteroatoms. The van der Waals surface area contributed by atoms with Crippen molar-refractivity contribution in [3.05, 3.63) is 130 Å². The molecule has 0 fully saturated rings. The maximum absolute atomic E-state index is 14.4. The molecule has 0 heterocycles. The summed E-state index contributed by atoms with van der Waals surface area (Å²) in [4.78, 5) is 29.6. The molecule has 1 N–H and O–H groups in total. The van der Waals surface area contributed by atoms with E-state index in [1.807, 2.05) is 67.6 Å². The Kier molecular flexibility index (Phi) is 11.8. The van der Waals surface area contributed by atoms with Gasteiger partial charge in [-0.15, -0.1) is 0 Å². The number of halogens is 2. The molecule has 230 valence electrons. The van der Waals surface area contributed by atoms with E-state index in [2.05, 4.69) is 5.32 Å². The molecule has 0 aliphatic carbocycles. The predicted octanol–water partition coefficient (Wildman–Crippen LogP) is 6.75. The van der Waals surface area contributed by atoms with Gasteiger partial charge in [0.05, 0.1) is 20.6 Å². The lowest BCUT2D eigenvalue weighted by atomic mass is 10.0. The lowest BCUT2D eigenvalue weighted by molar-refractivity contribution is -0.140. The van der Waals surface area contributed by atoms with Gasteiger partial charge in [-0.25, -0.2) is 8.42 Å². The fourth-order valence-corrected chi connectivity index (χ4v) is 6.65. The molecule has 0 aromatic heterocycles. The molecular formula is C34H35Cl2N3O4S. The zero-order valence-corrected chi connectivity index (χ0v) is 26.7. The average molecular weight is 653 g/mol. The molecule has 0 bridgehead atoms. The highest BCUT2D eigenvalue weighted by Crippen LogP contribution is 2.35. The fourth-order valence-electron chi connectivity index (χ4n) is 4.76. The maximum atomic E-state index is 14.4. The highest BCUT2D eigenvalue weighted by Gasteiger charge is 2.35. The maximum Gasteiger partial charge on any atom is 0.264 e. The first-order valence-electron chi connectivity index (χ1n) is 14.4. The number of rotatable bonds is 14. The van der Waals surface area contributed by atoms with Crippen LogP contribution in [-0.2, 0) is 32.6 Å². The van der Waals surface area contributed by atoms with Crippen LogP contribution in [0.2, 0.25) is 10.0 Å². The summed E-state index contributed by atoms with van der Waals surface area (Å²) in [6.07, 6.45) is 1.91. The number of amides is 2. The minimum Gasteiger partial charge on any atom is -0.354 e. The molecule has 2 amide bonds. The summed E-state index contributed by atoms with van der Waals surface area (Å²) < 4.78 is 29.1. The zero-order chi connectivity index (χ0) is 31.5. The molecular weight excluding hydrogens is 617 g/mol. The molecule has 7 nitrogen and oxygen atoms in total. The number of carbonyl (C=O) groups is 2. The van der Waals surface area contributed by atoms with Crippen molar-refractivity contribution in [2.75, 3.05) is 17.4 Å². The summed E-state index contributed by atoms with van der Waals surface area (Å²) in [5.41, 5.74) is 1.71. The van der Waals surface area contributed by atoms with E-state index in [1.54, 1.807) is 30.3 Å². The molecule has 4 aromatic carbocycles. The number of hydrogen-bond acceptors (Lipinski definition) is 4. The molecule has 44 heavy (non-hydrogen) atoms. The van der Waals surface area contributed by atoms with Crippen LogP contribution in [0.15, 0.2) is 114 Å². The first-order valence-corrected chi connectivity index (χ1v) is 16.6. The number of carbonyl (C=O) groups excluding carboxylic acids is 2. The van der Waals surface area contributed by atoms with Gasteiger partial charge in [0.1, 0.15) is 12.6 Å². The van der Waals surface area contributed by atoms with Crippen molar-refractivity contribution in [1.29, 1.82) is 0 Å². The summed E-state index contributed by atoms with van der Waals surface area (Å²) in [5.74, 6) is -0.888. The molecule has 0 aliphatic rings. The Labute approximate surface area is 269 Å². The summed E-state index contributed by atoms with van der Waals surface area (Å²) in [7, 11) is -4.28. The lowest BCUT2D eigenvalue weighted by Gasteiger charge is -2.34. The van der Waals surface area contributed by atoms with Crippen LogP contribution in [0.5, 0.6) is 0 Å². The van der Waals surface area contributed by atoms with Crippen LogP contribution in [0.25, 0.3) is 0 Å². The van der Waals surface area contributed by atoms with Crippen LogP contribution in [0.1, 0.15) is 30.9 Å². The van der Waals surface area contributed by atoms with E-state index in [0.29, 0.717) is 6.54 Å². The molecule has 0 radical (unpaired) electrons. The van der Waals surface area contributed by atoms with Crippen LogP contribution >= 0.6 is 23.2 Å². The third-order valence-electron chi connectivity index (χ3n) is 7.11. The van der Waals surface area contributed by atoms with E-state index in [0.717, 1.165) is 28.3 Å². The molecule has 0 unspecified atom stereocenters. The summed E-state index contributed by atoms with van der Waals surface area (Å²) in [5, 5.41) is 3.12. The first-order chi connectivity index (χ1) is 21.2. The molecule has 0 aliphatic heterocycles. The molecule has 0 spiro atoms. The lowest BCUT2D eigenvalue weighted by Crippen LogP contribution is -2.53. The van der Waals surface area contributed by atoms with Gasteiger partial charge in [0.25, 0.3) is 10.0 Å². The van der Waals surface area contributed by atoms with Crippen LogP contribution in [-0.4, -0.2) is 44.3 Å². The topological polar surface area (TPSA) is 86.8 Å². The second-order valence-electron chi connectivity index (χ2n) is 10.3. The number of sulfonamides is 1. The Hall–Kier alpha value is -3.85. The van der Waals surface area contributed by atoms with Gasteiger partial charge < -0.3 is 10.2 Å². The van der Waals surface area contributed by atoms with Crippen molar-refractivity contribution in [1.82, 2.24) is 10.2 Å². The van der Waals surface area contributed by atoms with Gasteiger partial charge in [-0.3, -0.25) is 13.9 Å². The zero-order valence-electron chi connectivity index (χ0n) is 24.4. The second-order valence-corrected chi connectivity index (χ2v) is 12.9. The summed E-state index contributed by atoms with van der Waals surface area (Å²) >= 11 is 12.8. The largest absolute Gasteiger partial charge is 0.354 e. The van der Waals surface area contributed by atoms with Crippen molar-refractivity contribution in [3.63, 3.8) is 0 Å². The van der Waals surface area contributed by atoms with Gasteiger partial charge in [0, 0.05) is 19.5 Å². The van der Waals surface area contributed by atoms with Crippen LogP contribution in [0, 0.1) is 0 Å². The van der Waals surface area contributed by atoms with Gasteiger partial charge >= 0.3 is 0 Å². The van der Waals surface area contributed by atoms with Gasteiger partial charge in [-0.05, 0) is 41.8 Å². The number of anilines is 1. The number of hydrogen-bond donors (Lipinski definition) is 1. The molecule has 4 aromatic rings. The summed E-state index contributed by atoms with van der Waals surface area (Å²) in [6, 6.07) is 30.2. The van der Waals surface area contributed by atoms with Crippen molar-refractivity contribution in [2.45, 2.75) is 43.7 Å². The van der Waals surface area contributed by atoms with Crippen molar-refractivity contribution in [3.8, 4) is 0 Å². The number of nitrogens with one attached hydrogen (secondary N) is 1. The van der Waals surface area contributed by atoms with Gasteiger partial charge in [0.15, 0.2) is 0 Å². The smallest absolute Gasteiger partial charge is 0.264 e. The van der Waals surface area contributed by atoms with Gasteiger partial charge in [0.2, 0.25) is 11.8 Å². The Morgan fingerprint density at radius 2 is 1.39 bits per heavy atom. The molecule has 4 rings (SSSR count). The Bertz CT molecular complexity index is 1640. The Balaban J connectivity index is 1.80. The van der Waals surface area contributed by atoms with E-state index in [1.165, 1.54) is 23.1 Å². The fraction of sp³-hybridized carbons (Fsp3) is 0.235. The highest BCUT2D eigenvalue weighted by atomic mass is 35.5. The van der Waals surface area contributed by atoms with Crippen LogP contribution < -0.4 is 9.62 Å². The van der Waals surface area contributed by atoms with E-state index in [9.17, 15) is 18.0 Å². The normalized spacial score (nSPS) is 11.9. The average Bonchev–Trinajstić information content (AvgIpc) is 3.04. The number of nitrogens with zero attached hydrogens (tertiary/aromatic N) is 2. The van der Waals surface area contributed by atoms with E-state index in [4.69, 9.17) is 23.2 Å². The van der Waals surface area contributed by atoms with Crippen molar-refractivity contribution in [2.24, 2.45) is 0 Å². The van der Waals surface area contributed by atoms with Gasteiger partial charge in [-0.1, -0.05) is 121 Å². The van der Waals surface area contributed by atoms with Crippen LogP contribution in [0.3, 0.4) is 0 Å². The SMILES string of the molecule is CCCCNC(=O)[C@H](Cc1ccccc1)N(Cc1ccccc1)C(=O)CN(c1cccc(Cl)c1Cl)S(=O)(=O)c1ccccc1. The molecule has 0 saturated carbocycles. The summed E-state index contributed by atoms with van der Waals surface area (Å²) in [6.45, 7) is 1.96. The van der Waals surface area contributed by atoms with E-state index in [-0.39, 0.29) is 39.5 Å². The first kappa shape index (κ1) is 33.1. The van der Waals surface area contributed by atoms with Crippen LogP contribution in [0.4, 0.5) is 5.69 Å². The van der Waals surface area contributed by atoms with E-state index >= 15 is 0 Å². The predicted molar refractivity (Wildman–Crippen MR) is 176 cm³/mol. The standard InChI is InChI=1S/C34H35Cl2N3O4S/c1-2-3-22-37-34(41)31(23-26-14-7-4-8-15-26)38(24-27-16-9-5-10-17-27)32(40)25-39(30-21-13-20-29(35)33(30)36)44(42,43)28-18-11-6-12-19-28/h4-21,31H,2-3,22-25H2,1H3,(H,37,41)/t31-/m0/s1. The molecule has 1 atom stereocenters. The number of benzene rings is 4. The minimum absolute atomic E-state index is 0.00535. The second kappa shape index (κ2) is 15.7. The number of unbranched alkanes of at least 4 members (excludes halogenated alkanes) is 1. The monoisotopic (exact) mass is 651 g/mol. The third kappa shape index (κ3) is 8.40. The van der Waals surface area contributed by atoms with Crippen molar-refractivity contribution < 1.29 is 18.0 Å². The minimum atomic E-state index is -4.28.